The molecule has 2 rings (SSSR count). The van der Waals surface area contributed by atoms with Crippen LogP contribution < -0.4 is 5.32 Å². The molecule has 0 saturated heterocycles. The van der Waals surface area contributed by atoms with Gasteiger partial charge in [-0.1, -0.05) is 25.1 Å². The second-order valence-corrected chi connectivity index (χ2v) is 4.74. The first-order valence-electron chi connectivity index (χ1n) is 7.20. The molecule has 1 heterocycles. The van der Waals surface area contributed by atoms with E-state index in [1.807, 2.05) is 13.1 Å². The number of aryl methyl sites for hydroxylation is 1. The van der Waals surface area contributed by atoms with Crippen molar-refractivity contribution in [3.63, 3.8) is 0 Å². The highest BCUT2D eigenvalue weighted by molar-refractivity contribution is 5.86. The van der Waals surface area contributed by atoms with E-state index in [-0.39, 0.29) is 5.97 Å². The van der Waals surface area contributed by atoms with Gasteiger partial charge in [-0.2, -0.15) is 0 Å². The number of benzene rings is 1. The van der Waals surface area contributed by atoms with Gasteiger partial charge in [0, 0.05) is 30.2 Å². The van der Waals surface area contributed by atoms with Crippen molar-refractivity contribution in [3.8, 4) is 0 Å². The molecule has 0 aliphatic rings. The van der Waals surface area contributed by atoms with Crippen LogP contribution in [0.1, 0.15) is 31.4 Å². The maximum absolute atomic E-state index is 11.2. The van der Waals surface area contributed by atoms with Crippen LogP contribution in [0.25, 0.3) is 10.9 Å². The minimum Gasteiger partial charge on any atom is -0.466 e. The molecule has 2 aromatic rings. The van der Waals surface area contributed by atoms with Crippen molar-refractivity contribution in [2.75, 3.05) is 13.2 Å². The summed E-state index contributed by atoms with van der Waals surface area (Å²) < 4.78 is 4.89. The van der Waals surface area contributed by atoms with E-state index in [4.69, 9.17) is 4.74 Å². The molecule has 20 heavy (non-hydrogen) atoms. The minimum absolute atomic E-state index is 0.146. The number of ether oxygens (including phenoxy) is 1. The molecule has 0 amide bonds. The number of H-pyrrole nitrogens is 1. The summed E-state index contributed by atoms with van der Waals surface area (Å²) in [6.07, 6.45) is 3.48. The number of carbonyl (C=O) groups is 1. The number of esters is 1. The summed E-state index contributed by atoms with van der Waals surface area (Å²) in [6.45, 7) is 5.82. The summed E-state index contributed by atoms with van der Waals surface area (Å²) in [6, 6.07) is 6.38. The van der Waals surface area contributed by atoms with Crippen molar-refractivity contribution >= 4 is 16.9 Å². The summed E-state index contributed by atoms with van der Waals surface area (Å²) in [5.74, 6) is -0.146. The normalized spacial score (nSPS) is 10.9. The van der Waals surface area contributed by atoms with E-state index in [9.17, 15) is 4.79 Å². The summed E-state index contributed by atoms with van der Waals surface area (Å²) in [4.78, 5) is 14.6. The maximum atomic E-state index is 11.2. The monoisotopic (exact) mass is 274 g/mol. The first-order valence-corrected chi connectivity index (χ1v) is 7.20. The second-order valence-electron chi connectivity index (χ2n) is 4.74. The van der Waals surface area contributed by atoms with Gasteiger partial charge in [0.15, 0.2) is 0 Å². The number of fused-ring (bicyclic) bond motifs is 1. The summed E-state index contributed by atoms with van der Waals surface area (Å²) in [5.41, 5.74) is 3.79. The molecule has 4 nitrogen and oxygen atoms in total. The zero-order chi connectivity index (χ0) is 14.4. The molecule has 0 spiro atoms. The van der Waals surface area contributed by atoms with E-state index in [2.05, 4.69) is 35.4 Å². The molecule has 0 atom stereocenters. The molecule has 0 fully saturated rings. The number of nitrogens with one attached hydrogen (secondary N) is 2. The van der Waals surface area contributed by atoms with Gasteiger partial charge in [-0.15, -0.1) is 0 Å². The average Bonchev–Trinajstić information content (AvgIpc) is 2.87. The number of aromatic nitrogens is 1. The highest BCUT2D eigenvalue weighted by atomic mass is 16.5. The van der Waals surface area contributed by atoms with Crippen molar-refractivity contribution in [2.45, 2.75) is 33.2 Å². The molecule has 1 aromatic heterocycles. The van der Waals surface area contributed by atoms with Gasteiger partial charge in [0.05, 0.1) is 13.0 Å². The van der Waals surface area contributed by atoms with Crippen LogP contribution >= 0.6 is 0 Å². The van der Waals surface area contributed by atoms with Gasteiger partial charge in [0.2, 0.25) is 0 Å². The van der Waals surface area contributed by atoms with Gasteiger partial charge < -0.3 is 15.0 Å². The molecular formula is C16H22N2O2. The average molecular weight is 274 g/mol. The van der Waals surface area contributed by atoms with Crippen LogP contribution in [0.5, 0.6) is 0 Å². The molecule has 0 saturated carbocycles. The van der Waals surface area contributed by atoms with Crippen LogP contribution in [-0.4, -0.2) is 24.1 Å². The lowest BCUT2D eigenvalue weighted by Crippen LogP contribution is -2.18. The Labute approximate surface area is 119 Å². The van der Waals surface area contributed by atoms with Crippen molar-refractivity contribution in [1.29, 1.82) is 0 Å². The number of hydrogen-bond donors (Lipinski definition) is 2. The lowest BCUT2D eigenvalue weighted by atomic mass is 10.1. The second kappa shape index (κ2) is 7.10. The Kier molecular flexibility index (Phi) is 5.18. The third kappa shape index (κ3) is 3.39. The molecule has 0 aliphatic carbocycles. The Morgan fingerprint density at radius 2 is 2.15 bits per heavy atom. The quantitative estimate of drug-likeness (QED) is 0.603. The fraction of sp³-hybridized carbons (Fsp3) is 0.438. The SMILES string of the molecule is CCOC(=O)CCNCc1c[nH]c2c(CC)cccc12. The Bertz CT molecular complexity index is 575. The van der Waals surface area contributed by atoms with E-state index >= 15 is 0 Å². The van der Waals surface area contributed by atoms with E-state index in [0.29, 0.717) is 19.6 Å². The van der Waals surface area contributed by atoms with Crippen molar-refractivity contribution in [1.82, 2.24) is 10.3 Å². The van der Waals surface area contributed by atoms with E-state index in [1.165, 1.54) is 22.0 Å². The summed E-state index contributed by atoms with van der Waals surface area (Å²) in [5, 5.41) is 4.54. The summed E-state index contributed by atoms with van der Waals surface area (Å²) in [7, 11) is 0. The zero-order valence-corrected chi connectivity index (χ0v) is 12.2. The third-order valence-electron chi connectivity index (χ3n) is 3.40. The molecule has 0 aliphatic heterocycles. The van der Waals surface area contributed by atoms with Crippen LogP contribution in [0.2, 0.25) is 0 Å². The van der Waals surface area contributed by atoms with E-state index < -0.39 is 0 Å². The van der Waals surface area contributed by atoms with Crippen LogP contribution in [0.15, 0.2) is 24.4 Å². The van der Waals surface area contributed by atoms with Crippen LogP contribution in [-0.2, 0) is 22.5 Å². The largest absolute Gasteiger partial charge is 0.466 e. The molecular weight excluding hydrogens is 252 g/mol. The number of hydrogen-bond acceptors (Lipinski definition) is 3. The molecule has 0 unspecified atom stereocenters. The molecule has 0 radical (unpaired) electrons. The van der Waals surface area contributed by atoms with Gasteiger partial charge in [-0.05, 0) is 24.5 Å². The standard InChI is InChI=1S/C16H22N2O2/c1-3-12-6-5-7-14-13(11-18-16(12)14)10-17-9-8-15(19)20-4-2/h5-7,11,17-18H,3-4,8-10H2,1-2H3. The van der Waals surface area contributed by atoms with Gasteiger partial charge in [-0.25, -0.2) is 0 Å². The topological polar surface area (TPSA) is 54.1 Å². The fourth-order valence-corrected chi connectivity index (χ4v) is 2.36. The first kappa shape index (κ1) is 14.6. The Hall–Kier alpha value is -1.81. The summed E-state index contributed by atoms with van der Waals surface area (Å²) >= 11 is 0. The fourth-order valence-electron chi connectivity index (χ4n) is 2.36. The smallest absolute Gasteiger partial charge is 0.307 e. The molecule has 0 bridgehead atoms. The van der Waals surface area contributed by atoms with Crippen molar-refractivity contribution in [2.24, 2.45) is 0 Å². The lowest BCUT2D eigenvalue weighted by molar-refractivity contribution is -0.142. The molecule has 1 aromatic carbocycles. The maximum Gasteiger partial charge on any atom is 0.307 e. The van der Waals surface area contributed by atoms with E-state index in [0.717, 1.165) is 13.0 Å². The molecule has 4 heteroatoms. The highest BCUT2D eigenvalue weighted by Gasteiger charge is 2.06. The van der Waals surface area contributed by atoms with Crippen molar-refractivity contribution < 1.29 is 9.53 Å². The third-order valence-corrected chi connectivity index (χ3v) is 3.40. The first-order chi connectivity index (χ1) is 9.76. The van der Waals surface area contributed by atoms with Gasteiger partial charge in [0.1, 0.15) is 0 Å². The predicted octanol–water partition coefficient (Wildman–Crippen LogP) is 2.77. The Balaban J connectivity index is 1.92. The Morgan fingerprint density at radius 1 is 1.30 bits per heavy atom. The van der Waals surface area contributed by atoms with Crippen LogP contribution in [0.4, 0.5) is 0 Å². The van der Waals surface area contributed by atoms with Gasteiger partial charge >= 0.3 is 5.97 Å². The predicted molar refractivity (Wildman–Crippen MR) is 80.6 cm³/mol. The van der Waals surface area contributed by atoms with Crippen LogP contribution in [0, 0.1) is 0 Å². The van der Waals surface area contributed by atoms with Gasteiger partial charge in [-0.3, -0.25) is 4.79 Å². The number of rotatable bonds is 7. The number of aromatic amines is 1. The lowest BCUT2D eigenvalue weighted by Gasteiger charge is -2.04. The Morgan fingerprint density at radius 3 is 2.90 bits per heavy atom. The van der Waals surface area contributed by atoms with Gasteiger partial charge in [0.25, 0.3) is 0 Å². The minimum atomic E-state index is -0.146. The number of carbonyl (C=O) groups excluding carboxylic acids is 1. The van der Waals surface area contributed by atoms with E-state index in [1.54, 1.807) is 0 Å². The number of para-hydroxylation sites is 1. The molecule has 2 N–H and O–H groups in total. The zero-order valence-electron chi connectivity index (χ0n) is 12.2. The van der Waals surface area contributed by atoms with Crippen molar-refractivity contribution in [3.05, 3.63) is 35.5 Å². The highest BCUT2D eigenvalue weighted by Crippen LogP contribution is 2.21. The van der Waals surface area contributed by atoms with Crippen LogP contribution in [0.3, 0.4) is 0 Å². The molecule has 108 valence electrons.